The van der Waals surface area contributed by atoms with Gasteiger partial charge in [0.1, 0.15) is 17.8 Å². The van der Waals surface area contributed by atoms with Crippen molar-refractivity contribution in [1.29, 1.82) is 0 Å². The van der Waals surface area contributed by atoms with Crippen LogP contribution in [0.4, 0.5) is 0 Å². The Balaban J connectivity index is 1.51. The predicted molar refractivity (Wildman–Crippen MR) is 110 cm³/mol. The van der Waals surface area contributed by atoms with E-state index in [1.165, 1.54) is 0 Å². The molecule has 2 fully saturated rings. The highest BCUT2D eigenvalue weighted by atomic mass is 16.8. The molecule has 0 aliphatic carbocycles. The summed E-state index contributed by atoms with van der Waals surface area (Å²) in [6, 6.07) is 19.9. The molecule has 2 aromatic carbocycles. The molecule has 2 aromatic rings. The molecule has 0 radical (unpaired) electrons. The van der Waals surface area contributed by atoms with Gasteiger partial charge in [-0.3, -0.25) is 0 Å². The van der Waals surface area contributed by atoms with Crippen LogP contribution in [0.5, 0.6) is 0 Å². The van der Waals surface area contributed by atoms with Gasteiger partial charge in [-0.1, -0.05) is 60.7 Å². The standard InChI is InChI=1S/C24H30O6/c1-23(2)28-20-21(27-16-19-11-7-4-8-12-19)24(13-14-25,30-22(20)29-23)17-26-15-18-9-5-3-6-10-18/h3-12,20-22,25H,13-17H2,1-2H3/t20?,21-,22-,24-/m1/s1. The minimum Gasteiger partial charge on any atom is -0.396 e. The maximum absolute atomic E-state index is 9.80. The van der Waals surface area contributed by atoms with E-state index in [4.69, 9.17) is 23.7 Å². The maximum atomic E-state index is 9.80. The molecule has 2 aliphatic rings. The van der Waals surface area contributed by atoms with Crippen LogP contribution in [0, 0.1) is 0 Å². The first-order chi connectivity index (χ1) is 14.5. The first-order valence-electron chi connectivity index (χ1n) is 10.4. The maximum Gasteiger partial charge on any atom is 0.190 e. The molecular formula is C24H30O6. The number of aliphatic hydroxyl groups is 1. The fourth-order valence-corrected chi connectivity index (χ4v) is 4.15. The Bertz CT molecular complexity index is 796. The van der Waals surface area contributed by atoms with E-state index < -0.39 is 29.9 Å². The van der Waals surface area contributed by atoms with Crippen molar-refractivity contribution in [2.24, 2.45) is 0 Å². The van der Waals surface area contributed by atoms with Crippen LogP contribution in [0.15, 0.2) is 60.7 Å². The van der Waals surface area contributed by atoms with Crippen molar-refractivity contribution >= 4 is 0 Å². The highest BCUT2D eigenvalue weighted by Gasteiger charge is 2.62. The molecule has 6 nitrogen and oxygen atoms in total. The molecule has 0 aromatic heterocycles. The molecule has 0 bridgehead atoms. The van der Waals surface area contributed by atoms with Gasteiger partial charge in [-0.15, -0.1) is 0 Å². The summed E-state index contributed by atoms with van der Waals surface area (Å²) in [7, 11) is 0. The van der Waals surface area contributed by atoms with Crippen molar-refractivity contribution in [3.63, 3.8) is 0 Å². The number of benzene rings is 2. The van der Waals surface area contributed by atoms with E-state index in [2.05, 4.69) is 0 Å². The van der Waals surface area contributed by atoms with Crippen LogP contribution in [0.1, 0.15) is 31.4 Å². The highest BCUT2D eigenvalue weighted by Crippen LogP contribution is 2.45. The van der Waals surface area contributed by atoms with Crippen LogP contribution >= 0.6 is 0 Å². The Labute approximate surface area is 177 Å². The number of ether oxygens (including phenoxy) is 5. The molecule has 4 atom stereocenters. The second-order valence-electron chi connectivity index (χ2n) is 8.32. The Kier molecular flexibility index (Phi) is 6.53. The van der Waals surface area contributed by atoms with Gasteiger partial charge in [-0.2, -0.15) is 0 Å². The first kappa shape index (κ1) is 21.4. The monoisotopic (exact) mass is 414 g/mol. The van der Waals surface area contributed by atoms with Gasteiger partial charge in [-0.25, -0.2) is 0 Å². The molecule has 2 saturated heterocycles. The third kappa shape index (κ3) is 4.75. The Morgan fingerprint density at radius 3 is 2.13 bits per heavy atom. The van der Waals surface area contributed by atoms with Crippen LogP contribution in [0.25, 0.3) is 0 Å². The molecule has 2 aliphatic heterocycles. The quantitative estimate of drug-likeness (QED) is 0.678. The minimum atomic E-state index is -0.857. The Morgan fingerprint density at radius 2 is 1.50 bits per heavy atom. The first-order valence-corrected chi connectivity index (χ1v) is 10.4. The van der Waals surface area contributed by atoms with E-state index in [9.17, 15) is 5.11 Å². The molecular weight excluding hydrogens is 384 g/mol. The lowest BCUT2D eigenvalue weighted by Gasteiger charge is -2.36. The summed E-state index contributed by atoms with van der Waals surface area (Å²) >= 11 is 0. The SMILES string of the molecule is CC1(C)OC2[C@H](O1)O[C@](CCO)(COCc1ccccc1)[C@@H]2OCc1ccccc1. The van der Waals surface area contributed by atoms with Gasteiger partial charge in [0.25, 0.3) is 0 Å². The van der Waals surface area contributed by atoms with E-state index in [-0.39, 0.29) is 13.2 Å². The summed E-state index contributed by atoms with van der Waals surface area (Å²) in [5, 5.41) is 9.80. The number of fused-ring (bicyclic) bond motifs is 1. The second kappa shape index (κ2) is 9.14. The number of rotatable bonds is 9. The molecule has 6 heteroatoms. The van der Waals surface area contributed by atoms with E-state index in [1.54, 1.807) is 0 Å². The summed E-state index contributed by atoms with van der Waals surface area (Å²) in [4.78, 5) is 0. The van der Waals surface area contributed by atoms with Crippen LogP contribution in [0.2, 0.25) is 0 Å². The van der Waals surface area contributed by atoms with E-state index in [0.717, 1.165) is 11.1 Å². The molecule has 1 N–H and O–H groups in total. The summed E-state index contributed by atoms with van der Waals surface area (Å²) in [6.45, 7) is 4.80. The largest absolute Gasteiger partial charge is 0.396 e. The summed E-state index contributed by atoms with van der Waals surface area (Å²) in [5.41, 5.74) is 1.27. The molecule has 1 unspecified atom stereocenters. The lowest BCUT2D eigenvalue weighted by Crippen LogP contribution is -2.50. The zero-order valence-corrected chi connectivity index (χ0v) is 17.5. The van der Waals surface area contributed by atoms with Gasteiger partial charge >= 0.3 is 0 Å². The minimum absolute atomic E-state index is 0.0529. The average Bonchev–Trinajstić information content (AvgIpc) is 3.17. The molecule has 30 heavy (non-hydrogen) atoms. The third-order valence-corrected chi connectivity index (χ3v) is 5.52. The van der Waals surface area contributed by atoms with Gasteiger partial charge in [-0.05, 0) is 25.0 Å². The topological polar surface area (TPSA) is 66.4 Å². The number of aliphatic hydroxyl groups excluding tert-OH is 1. The van der Waals surface area contributed by atoms with E-state index in [1.807, 2.05) is 74.5 Å². The van der Waals surface area contributed by atoms with Gasteiger partial charge in [0, 0.05) is 13.0 Å². The molecule has 0 amide bonds. The average molecular weight is 414 g/mol. The van der Waals surface area contributed by atoms with Gasteiger partial charge in [0.15, 0.2) is 12.1 Å². The van der Waals surface area contributed by atoms with E-state index in [0.29, 0.717) is 19.6 Å². The number of hydrogen-bond donors (Lipinski definition) is 1. The van der Waals surface area contributed by atoms with Gasteiger partial charge in [0.2, 0.25) is 0 Å². The van der Waals surface area contributed by atoms with Crippen molar-refractivity contribution in [1.82, 2.24) is 0 Å². The predicted octanol–water partition coefficient (Wildman–Crippen LogP) is 3.42. The fourth-order valence-electron chi connectivity index (χ4n) is 4.15. The van der Waals surface area contributed by atoms with Crippen LogP contribution in [-0.4, -0.2) is 48.2 Å². The summed E-state index contributed by atoms with van der Waals surface area (Å²) < 4.78 is 30.8. The van der Waals surface area contributed by atoms with E-state index >= 15 is 0 Å². The van der Waals surface area contributed by atoms with Gasteiger partial charge < -0.3 is 28.8 Å². The van der Waals surface area contributed by atoms with Crippen molar-refractivity contribution < 1.29 is 28.8 Å². The Hall–Kier alpha value is -1.80. The molecule has 2 heterocycles. The Morgan fingerprint density at radius 1 is 0.867 bits per heavy atom. The van der Waals surface area contributed by atoms with Crippen LogP contribution in [-0.2, 0) is 36.9 Å². The van der Waals surface area contributed by atoms with Crippen LogP contribution < -0.4 is 0 Å². The zero-order chi connectivity index (χ0) is 21.0. The molecule has 162 valence electrons. The molecule has 4 rings (SSSR count). The normalized spacial score (nSPS) is 29.8. The third-order valence-electron chi connectivity index (χ3n) is 5.52. The van der Waals surface area contributed by atoms with Crippen molar-refractivity contribution in [3.05, 3.63) is 71.8 Å². The van der Waals surface area contributed by atoms with Crippen LogP contribution in [0.3, 0.4) is 0 Å². The smallest absolute Gasteiger partial charge is 0.190 e. The zero-order valence-electron chi connectivity index (χ0n) is 17.5. The second-order valence-corrected chi connectivity index (χ2v) is 8.32. The lowest BCUT2D eigenvalue weighted by atomic mass is 9.92. The van der Waals surface area contributed by atoms with Crippen molar-refractivity contribution in [2.75, 3.05) is 13.2 Å². The molecule has 0 spiro atoms. The molecule has 0 saturated carbocycles. The van der Waals surface area contributed by atoms with Crippen molar-refractivity contribution in [2.45, 2.75) is 63.4 Å². The lowest BCUT2D eigenvalue weighted by molar-refractivity contribution is -0.257. The van der Waals surface area contributed by atoms with Crippen molar-refractivity contribution in [3.8, 4) is 0 Å². The van der Waals surface area contributed by atoms with Gasteiger partial charge in [0.05, 0.1) is 19.8 Å². The summed E-state index contributed by atoms with van der Waals surface area (Å²) in [5.74, 6) is -0.750. The fraction of sp³-hybridized carbons (Fsp3) is 0.500. The number of hydrogen-bond acceptors (Lipinski definition) is 6. The summed E-state index contributed by atoms with van der Waals surface area (Å²) in [6.07, 6.45) is -1.03. The highest BCUT2D eigenvalue weighted by molar-refractivity contribution is 5.15.